The second-order valence-electron chi connectivity index (χ2n) is 7.24. The summed E-state index contributed by atoms with van der Waals surface area (Å²) in [5.74, 6) is 0.843. The molecule has 136 valence electrons. The summed E-state index contributed by atoms with van der Waals surface area (Å²) in [7, 11) is 1.94. The van der Waals surface area contributed by atoms with Gasteiger partial charge in [-0.1, -0.05) is 63.7 Å². The zero-order valence-corrected chi connectivity index (χ0v) is 16.8. The van der Waals surface area contributed by atoms with Crippen molar-refractivity contribution in [3.05, 3.63) is 29.8 Å². The third-order valence-electron chi connectivity index (χ3n) is 4.04. The third kappa shape index (κ3) is 4.84. The van der Waals surface area contributed by atoms with Crippen molar-refractivity contribution in [3.8, 4) is 11.4 Å². The minimum Gasteiger partial charge on any atom is -0.355 e. The first-order valence-electron chi connectivity index (χ1n) is 8.68. The van der Waals surface area contributed by atoms with Crippen LogP contribution < -0.4 is 5.32 Å². The van der Waals surface area contributed by atoms with Gasteiger partial charge in [-0.25, -0.2) is 0 Å². The van der Waals surface area contributed by atoms with Crippen LogP contribution in [-0.4, -0.2) is 32.5 Å². The van der Waals surface area contributed by atoms with E-state index in [1.165, 1.54) is 17.3 Å². The van der Waals surface area contributed by atoms with Crippen LogP contribution in [0.15, 0.2) is 29.4 Å². The van der Waals surface area contributed by atoms with Crippen LogP contribution in [0.4, 0.5) is 0 Å². The van der Waals surface area contributed by atoms with Gasteiger partial charge in [0.2, 0.25) is 5.91 Å². The first-order valence-corrected chi connectivity index (χ1v) is 9.56. The highest BCUT2D eigenvalue weighted by Gasteiger charge is 2.19. The van der Waals surface area contributed by atoms with E-state index in [1.807, 2.05) is 25.5 Å². The molecule has 0 spiro atoms. The van der Waals surface area contributed by atoms with E-state index in [2.05, 4.69) is 60.6 Å². The van der Waals surface area contributed by atoms with Gasteiger partial charge in [-0.2, -0.15) is 0 Å². The van der Waals surface area contributed by atoms with Crippen molar-refractivity contribution in [3.63, 3.8) is 0 Å². The quantitative estimate of drug-likeness (QED) is 0.796. The second kappa shape index (κ2) is 8.04. The molecule has 2 rings (SSSR count). The highest BCUT2D eigenvalue weighted by Crippen LogP contribution is 2.28. The number of hydrogen-bond donors (Lipinski definition) is 1. The largest absolute Gasteiger partial charge is 0.355 e. The molecule has 0 saturated carbocycles. The Morgan fingerprint density at radius 3 is 2.44 bits per heavy atom. The molecule has 0 radical (unpaired) electrons. The van der Waals surface area contributed by atoms with E-state index in [0.29, 0.717) is 6.54 Å². The maximum atomic E-state index is 12.0. The molecule has 0 aliphatic rings. The van der Waals surface area contributed by atoms with Crippen molar-refractivity contribution in [2.75, 3.05) is 6.54 Å². The molecule has 1 N–H and O–H groups in total. The molecule has 0 fully saturated rings. The van der Waals surface area contributed by atoms with Crippen LogP contribution in [0.3, 0.4) is 0 Å². The molecule has 0 aliphatic heterocycles. The Bertz CT molecular complexity index is 716. The predicted molar refractivity (Wildman–Crippen MR) is 104 cm³/mol. The van der Waals surface area contributed by atoms with Gasteiger partial charge >= 0.3 is 0 Å². The van der Waals surface area contributed by atoms with Crippen LogP contribution in [0.25, 0.3) is 11.4 Å². The van der Waals surface area contributed by atoms with Gasteiger partial charge in [0.15, 0.2) is 11.0 Å². The van der Waals surface area contributed by atoms with Crippen LogP contribution >= 0.6 is 11.8 Å². The molecular weight excluding hydrogens is 332 g/mol. The predicted octanol–water partition coefficient (Wildman–Crippen LogP) is 3.79. The number of carbonyl (C=O) groups is 1. The van der Waals surface area contributed by atoms with Crippen LogP contribution in [0.2, 0.25) is 0 Å². The standard InChI is InChI=1S/C19H28N4OS/c1-7-12-20-17(24)13(2)25-18-22-21-16(23(18)6)14-8-10-15(11-9-14)19(3,4)5/h8-11,13H,7,12H2,1-6H3,(H,20,24)/t13-/m1/s1. The van der Waals surface area contributed by atoms with E-state index in [0.717, 1.165) is 23.0 Å². The molecule has 0 unspecified atom stereocenters. The van der Waals surface area contributed by atoms with Gasteiger partial charge in [-0.3, -0.25) is 4.79 Å². The first kappa shape index (κ1) is 19.5. The third-order valence-corrected chi connectivity index (χ3v) is 5.18. The van der Waals surface area contributed by atoms with Crippen molar-refractivity contribution in [1.82, 2.24) is 20.1 Å². The maximum Gasteiger partial charge on any atom is 0.233 e. The smallest absolute Gasteiger partial charge is 0.233 e. The van der Waals surface area contributed by atoms with E-state index in [4.69, 9.17) is 0 Å². The zero-order chi connectivity index (χ0) is 18.6. The number of benzene rings is 1. The summed E-state index contributed by atoms with van der Waals surface area (Å²) in [6.45, 7) is 11.2. The molecule has 1 aromatic heterocycles. The number of thioether (sulfide) groups is 1. The number of carbonyl (C=O) groups excluding carboxylic acids is 1. The highest BCUT2D eigenvalue weighted by atomic mass is 32.2. The molecule has 0 saturated heterocycles. The van der Waals surface area contributed by atoms with Gasteiger partial charge in [0, 0.05) is 19.2 Å². The van der Waals surface area contributed by atoms with Crippen molar-refractivity contribution >= 4 is 17.7 Å². The minimum absolute atomic E-state index is 0.0333. The summed E-state index contributed by atoms with van der Waals surface area (Å²) >= 11 is 1.43. The molecule has 0 bridgehead atoms. The molecule has 1 amide bonds. The van der Waals surface area contributed by atoms with Crippen molar-refractivity contribution in [2.24, 2.45) is 7.05 Å². The Morgan fingerprint density at radius 2 is 1.88 bits per heavy atom. The maximum absolute atomic E-state index is 12.0. The number of hydrogen-bond acceptors (Lipinski definition) is 4. The van der Waals surface area contributed by atoms with Gasteiger partial charge in [-0.15, -0.1) is 10.2 Å². The van der Waals surface area contributed by atoms with Crippen LogP contribution in [0.5, 0.6) is 0 Å². The Balaban J connectivity index is 2.14. The monoisotopic (exact) mass is 360 g/mol. The number of aromatic nitrogens is 3. The van der Waals surface area contributed by atoms with Crippen molar-refractivity contribution in [2.45, 2.75) is 56.9 Å². The molecule has 2 aromatic rings. The van der Waals surface area contributed by atoms with Crippen LogP contribution in [0, 0.1) is 0 Å². The average Bonchev–Trinajstić information content (AvgIpc) is 2.92. The SMILES string of the molecule is CCCNC(=O)[C@@H](C)Sc1nnc(-c2ccc(C(C)(C)C)cc2)n1C. The van der Waals surface area contributed by atoms with E-state index in [9.17, 15) is 4.79 Å². The summed E-state index contributed by atoms with van der Waals surface area (Å²) < 4.78 is 1.94. The first-order chi connectivity index (χ1) is 11.7. The zero-order valence-electron chi connectivity index (χ0n) is 16.0. The Kier molecular flexibility index (Phi) is 6.27. The summed E-state index contributed by atoms with van der Waals surface area (Å²) in [5, 5.41) is 12.0. The van der Waals surface area contributed by atoms with Gasteiger partial charge in [-0.05, 0) is 24.3 Å². The van der Waals surface area contributed by atoms with Gasteiger partial charge in [0.25, 0.3) is 0 Å². The fourth-order valence-corrected chi connectivity index (χ4v) is 3.23. The van der Waals surface area contributed by atoms with Crippen molar-refractivity contribution < 1.29 is 4.79 Å². The summed E-state index contributed by atoms with van der Waals surface area (Å²) in [6.07, 6.45) is 0.932. The lowest BCUT2D eigenvalue weighted by atomic mass is 9.87. The number of rotatable bonds is 6. The number of nitrogens with one attached hydrogen (secondary N) is 1. The lowest BCUT2D eigenvalue weighted by Gasteiger charge is -2.19. The van der Waals surface area contributed by atoms with Crippen LogP contribution in [-0.2, 0) is 17.3 Å². The molecule has 1 heterocycles. The van der Waals surface area contributed by atoms with E-state index in [1.54, 1.807) is 0 Å². The van der Waals surface area contributed by atoms with Crippen LogP contribution in [0.1, 0.15) is 46.6 Å². The molecule has 5 nitrogen and oxygen atoms in total. The minimum atomic E-state index is -0.203. The topological polar surface area (TPSA) is 59.8 Å². The Morgan fingerprint density at radius 1 is 1.24 bits per heavy atom. The molecule has 6 heteroatoms. The van der Waals surface area contributed by atoms with E-state index in [-0.39, 0.29) is 16.6 Å². The number of nitrogens with zero attached hydrogens (tertiary/aromatic N) is 3. The lowest BCUT2D eigenvalue weighted by Crippen LogP contribution is -2.31. The van der Waals surface area contributed by atoms with Crippen molar-refractivity contribution in [1.29, 1.82) is 0 Å². The second-order valence-corrected chi connectivity index (χ2v) is 8.55. The number of amides is 1. The molecule has 0 aliphatic carbocycles. The summed E-state index contributed by atoms with van der Waals surface area (Å²) in [5.41, 5.74) is 2.44. The fraction of sp³-hybridized carbons (Fsp3) is 0.526. The molecular formula is C19H28N4OS. The summed E-state index contributed by atoms with van der Waals surface area (Å²) in [4.78, 5) is 12.0. The van der Waals surface area contributed by atoms with Gasteiger partial charge in [0.05, 0.1) is 5.25 Å². The molecule has 1 atom stereocenters. The fourth-order valence-electron chi connectivity index (χ4n) is 2.39. The summed E-state index contributed by atoms with van der Waals surface area (Å²) in [6, 6.07) is 8.43. The Labute approximate surface area is 154 Å². The Hall–Kier alpha value is -1.82. The normalized spacial score (nSPS) is 12.9. The average molecular weight is 361 g/mol. The van der Waals surface area contributed by atoms with E-state index >= 15 is 0 Å². The van der Waals surface area contributed by atoms with E-state index < -0.39 is 0 Å². The molecule has 25 heavy (non-hydrogen) atoms. The highest BCUT2D eigenvalue weighted by molar-refractivity contribution is 8.00. The lowest BCUT2D eigenvalue weighted by molar-refractivity contribution is -0.120. The molecule has 1 aromatic carbocycles. The van der Waals surface area contributed by atoms with Gasteiger partial charge < -0.3 is 9.88 Å². The van der Waals surface area contributed by atoms with Gasteiger partial charge in [0.1, 0.15) is 0 Å².